The highest BCUT2D eigenvalue weighted by molar-refractivity contribution is 9.10. The van der Waals surface area contributed by atoms with Crippen LogP contribution in [0.5, 0.6) is 0 Å². The van der Waals surface area contributed by atoms with E-state index >= 15 is 0 Å². The zero-order chi connectivity index (χ0) is 14.7. The van der Waals surface area contributed by atoms with Gasteiger partial charge in [-0.3, -0.25) is 10.6 Å². The average Bonchev–Trinajstić information content (AvgIpc) is 2.43. The molecule has 0 heterocycles. The Morgan fingerprint density at radius 1 is 1.15 bits per heavy atom. The number of hydrogen-bond acceptors (Lipinski definition) is 3. The predicted octanol–water partition coefficient (Wildman–Crippen LogP) is 3.60. The molecular formula is C15H16BrN3O. The first-order valence-corrected chi connectivity index (χ1v) is 6.96. The molecule has 0 radical (unpaired) electrons. The molecule has 5 heteroatoms. The van der Waals surface area contributed by atoms with Crippen LogP contribution in [-0.4, -0.2) is 5.91 Å². The minimum atomic E-state index is -0.141. The molecule has 4 N–H and O–H groups in total. The summed E-state index contributed by atoms with van der Waals surface area (Å²) >= 11 is 3.48. The Bertz CT molecular complexity index is 656. The van der Waals surface area contributed by atoms with Gasteiger partial charge in [0.15, 0.2) is 0 Å². The number of rotatable bonds is 3. The lowest BCUT2D eigenvalue weighted by Gasteiger charge is -2.11. The second-order valence-electron chi connectivity index (χ2n) is 4.56. The van der Waals surface area contributed by atoms with Crippen molar-refractivity contribution in [3.63, 3.8) is 0 Å². The molecule has 1 amide bonds. The van der Waals surface area contributed by atoms with Crippen LogP contribution >= 0.6 is 15.9 Å². The van der Waals surface area contributed by atoms with Crippen molar-refractivity contribution in [2.75, 3.05) is 10.7 Å². The van der Waals surface area contributed by atoms with Gasteiger partial charge in [0.2, 0.25) is 0 Å². The fourth-order valence-electron chi connectivity index (χ4n) is 1.94. The number of hydrazine groups is 1. The molecule has 0 unspecified atom stereocenters. The third-order valence-electron chi connectivity index (χ3n) is 3.08. The second kappa shape index (κ2) is 6.07. The number of nitrogens with two attached hydrogens (primary N) is 1. The quantitative estimate of drug-likeness (QED) is 0.593. The largest absolute Gasteiger partial charge is 0.324 e. The third-order valence-corrected chi connectivity index (χ3v) is 4.13. The summed E-state index contributed by atoms with van der Waals surface area (Å²) in [7, 11) is 0. The lowest BCUT2D eigenvalue weighted by molar-refractivity contribution is 0.102. The molecule has 0 aliphatic carbocycles. The van der Waals surface area contributed by atoms with Crippen molar-refractivity contribution in [3.8, 4) is 0 Å². The topological polar surface area (TPSA) is 67.1 Å². The van der Waals surface area contributed by atoms with Crippen LogP contribution in [0.25, 0.3) is 0 Å². The SMILES string of the molecule is Cc1cc(NN)ccc1C(=O)Nc1cccc(C)c1Br. The summed E-state index contributed by atoms with van der Waals surface area (Å²) in [5.74, 6) is 5.21. The molecule has 20 heavy (non-hydrogen) atoms. The van der Waals surface area contributed by atoms with Crippen molar-refractivity contribution < 1.29 is 4.79 Å². The Kier molecular flexibility index (Phi) is 4.42. The van der Waals surface area contributed by atoms with Crippen LogP contribution in [0.4, 0.5) is 11.4 Å². The predicted molar refractivity (Wildman–Crippen MR) is 85.8 cm³/mol. The van der Waals surface area contributed by atoms with Crippen molar-refractivity contribution in [3.05, 3.63) is 57.6 Å². The van der Waals surface area contributed by atoms with E-state index in [4.69, 9.17) is 5.84 Å². The van der Waals surface area contributed by atoms with E-state index in [-0.39, 0.29) is 5.91 Å². The zero-order valence-corrected chi connectivity index (χ0v) is 12.9. The molecule has 0 atom stereocenters. The number of carbonyl (C=O) groups excluding carboxylic acids is 1. The van der Waals surface area contributed by atoms with Crippen LogP contribution in [0.3, 0.4) is 0 Å². The maximum absolute atomic E-state index is 12.3. The number of anilines is 2. The smallest absolute Gasteiger partial charge is 0.255 e. The van der Waals surface area contributed by atoms with Crippen molar-refractivity contribution in [1.29, 1.82) is 0 Å². The molecule has 0 bridgehead atoms. The van der Waals surface area contributed by atoms with Gasteiger partial charge in [-0.1, -0.05) is 12.1 Å². The number of amides is 1. The maximum atomic E-state index is 12.3. The van der Waals surface area contributed by atoms with E-state index in [1.807, 2.05) is 38.1 Å². The number of carbonyl (C=O) groups is 1. The Morgan fingerprint density at radius 3 is 2.55 bits per heavy atom. The van der Waals surface area contributed by atoms with Crippen LogP contribution < -0.4 is 16.6 Å². The third kappa shape index (κ3) is 3.00. The van der Waals surface area contributed by atoms with Crippen LogP contribution in [0.1, 0.15) is 21.5 Å². The molecule has 0 saturated heterocycles. The Balaban J connectivity index is 2.26. The van der Waals surface area contributed by atoms with Gasteiger partial charge in [0.05, 0.1) is 5.69 Å². The van der Waals surface area contributed by atoms with E-state index in [2.05, 4.69) is 26.7 Å². The highest BCUT2D eigenvalue weighted by Gasteiger charge is 2.11. The van der Waals surface area contributed by atoms with Gasteiger partial charge in [0.25, 0.3) is 5.91 Å². The number of hydrogen-bond donors (Lipinski definition) is 3. The highest BCUT2D eigenvalue weighted by atomic mass is 79.9. The molecular weight excluding hydrogens is 318 g/mol. The van der Waals surface area contributed by atoms with Gasteiger partial charge in [0, 0.05) is 15.7 Å². The van der Waals surface area contributed by atoms with E-state index in [1.165, 1.54) is 0 Å². The Hall–Kier alpha value is -1.85. The monoisotopic (exact) mass is 333 g/mol. The molecule has 2 aromatic carbocycles. The molecule has 2 rings (SSSR count). The summed E-state index contributed by atoms with van der Waals surface area (Å²) in [6, 6.07) is 11.1. The van der Waals surface area contributed by atoms with E-state index in [9.17, 15) is 4.79 Å². The molecule has 0 spiro atoms. The first kappa shape index (κ1) is 14.6. The Morgan fingerprint density at radius 2 is 1.90 bits per heavy atom. The number of nitrogens with one attached hydrogen (secondary N) is 2. The lowest BCUT2D eigenvalue weighted by Crippen LogP contribution is -2.14. The second-order valence-corrected chi connectivity index (χ2v) is 5.36. The van der Waals surface area contributed by atoms with Gasteiger partial charge in [-0.25, -0.2) is 0 Å². The molecule has 0 aromatic heterocycles. The standard InChI is InChI=1S/C15H16BrN3O/c1-9-4-3-5-13(14(9)16)18-15(20)12-7-6-11(19-17)8-10(12)2/h3-8,19H,17H2,1-2H3,(H,18,20). The van der Waals surface area contributed by atoms with E-state index < -0.39 is 0 Å². The fraction of sp³-hybridized carbons (Fsp3) is 0.133. The van der Waals surface area contributed by atoms with Gasteiger partial charge >= 0.3 is 0 Å². The summed E-state index contributed by atoms with van der Waals surface area (Å²) in [5.41, 5.74) is 6.65. The van der Waals surface area contributed by atoms with Crippen LogP contribution in [0, 0.1) is 13.8 Å². The minimum absolute atomic E-state index is 0.141. The molecule has 0 saturated carbocycles. The fourth-order valence-corrected chi connectivity index (χ4v) is 2.31. The summed E-state index contributed by atoms with van der Waals surface area (Å²) in [4.78, 5) is 12.3. The number of nitrogen functional groups attached to an aromatic ring is 1. The van der Waals surface area contributed by atoms with Crippen molar-refractivity contribution in [2.24, 2.45) is 5.84 Å². The van der Waals surface area contributed by atoms with E-state index in [0.29, 0.717) is 5.56 Å². The minimum Gasteiger partial charge on any atom is -0.324 e. The summed E-state index contributed by atoms with van der Waals surface area (Å²) in [6.07, 6.45) is 0. The van der Waals surface area contributed by atoms with Crippen LogP contribution in [-0.2, 0) is 0 Å². The summed E-state index contributed by atoms with van der Waals surface area (Å²) in [6.45, 7) is 3.85. The summed E-state index contributed by atoms with van der Waals surface area (Å²) in [5, 5.41) is 2.91. The van der Waals surface area contributed by atoms with Gasteiger partial charge in [-0.2, -0.15) is 0 Å². The first-order valence-electron chi connectivity index (χ1n) is 6.16. The lowest BCUT2D eigenvalue weighted by atomic mass is 10.1. The molecule has 0 fully saturated rings. The first-order chi connectivity index (χ1) is 9.52. The van der Waals surface area contributed by atoms with Crippen molar-refractivity contribution >= 4 is 33.2 Å². The van der Waals surface area contributed by atoms with Gasteiger partial charge in [-0.05, 0) is 65.2 Å². The van der Waals surface area contributed by atoms with E-state index in [0.717, 1.165) is 27.0 Å². The molecule has 0 aliphatic rings. The summed E-state index contributed by atoms with van der Waals surface area (Å²) < 4.78 is 0.895. The average molecular weight is 334 g/mol. The number of halogens is 1. The van der Waals surface area contributed by atoms with Gasteiger partial charge < -0.3 is 10.7 Å². The van der Waals surface area contributed by atoms with Gasteiger partial charge in [0.1, 0.15) is 0 Å². The number of aryl methyl sites for hydroxylation is 2. The Labute approximate surface area is 126 Å². The molecule has 104 valence electrons. The highest BCUT2D eigenvalue weighted by Crippen LogP contribution is 2.26. The normalized spacial score (nSPS) is 10.2. The maximum Gasteiger partial charge on any atom is 0.255 e. The molecule has 0 aliphatic heterocycles. The van der Waals surface area contributed by atoms with Crippen molar-refractivity contribution in [2.45, 2.75) is 13.8 Å². The van der Waals surface area contributed by atoms with Gasteiger partial charge in [-0.15, -0.1) is 0 Å². The van der Waals surface area contributed by atoms with E-state index in [1.54, 1.807) is 12.1 Å². The van der Waals surface area contributed by atoms with Crippen LogP contribution in [0.15, 0.2) is 40.9 Å². The van der Waals surface area contributed by atoms with Crippen molar-refractivity contribution in [1.82, 2.24) is 0 Å². The molecule has 4 nitrogen and oxygen atoms in total. The van der Waals surface area contributed by atoms with Crippen LogP contribution in [0.2, 0.25) is 0 Å². The number of benzene rings is 2. The molecule has 2 aromatic rings. The zero-order valence-electron chi connectivity index (χ0n) is 11.3.